The maximum absolute atomic E-state index is 11.2. The zero-order valence-corrected chi connectivity index (χ0v) is 9.52. The molecule has 0 radical (unpaired) electrons. The van der Waals surface area contributed by atoms with E-state index < -0.39 is 0 Å². The van der Waals surface area contributed by atoms with Gasteiger partial charge in [0.1, 0.15) is 0 Å². The van der Waals surface area contributed by atoms with Gasteiger partial charge in [0.2, 0.25) is 5.56 Å². The highest BCUT2D eigenvalue weighted by molar-refractivity contribution is 5.11. The Morgan fingerprint density at radius 1 is 1.50 bits per heavy atom. The fraction of sp³-hybridized carbons (Fsp3) is 0.583. The van der Waals surface area contributed by atoms with E-state index in [1.165, 1.54) is 6.07 Å². The Morgan fingerprint density at radius 3 is 3.00 bits per heavy atom. The number of hydrogen-bond donors (Lipinski definition) is 2. The predicted octanol–water partition coefficient (Wildman–Crippen LogP) is 0.402. The second kappa shape index (κ2) is 4.80. The molecule has 1 unspecified atom stereocenters. The molecule has 0 aliphatic carbocycles. The van der Waals surface area contributed by atoms with Gasteiger partial charge in [-0.25, -0.2) is 0 Å². The van der Waals surface area contributed by atoms with Gasteiger partial charge in [-0.15, -0.1) is 0 Å². The molecule has 1 aromatic rings. The van der Waals surface area contributed by atoms with E-state index >= 15 is 0 Å². The summed E-state index contributed by atoms with van der Waals surface area (Å²) in [6, 6.07) is 5.27. The van der Waals surface area contributed by atoms with Crippen LogP contribution < -0.4 is 5.56 Å². The monoisotopic (exact) mass is 222 g/mol. The molecule has 0 aromatic carbocycles. The highest BCUT2D eigenvalue weighted by Crippen LogP contribution is 2.27. The van der Waals surface area contributed by atoms with Gasteiger partial charge in [0.15, 0.2) is 0 Å². The SMILES string of the molecule is CN1CC(CO)C[C@H](c2cccc(=O)[nH]2)C1. The van der Waals surface area contributed by atoms with E-state index in [-0.39, 0.29) is 12.2 Å². The number of piperidine rings is 1. The lowest BCUT2D eigenvalue weighted by molar-refractivity contribution is 0.124. The predicted molar refractivity (Wildman–Crippen MR) is 62.5 cm³/mol. The van der Waals surface area contributed by atoms with Gasteiger partial charge in [-0.2, -0.15) is 0 Å². The number of H-pyrrole nitrogens is 1. The molecule has 2 heterocycles. The van der Waals surface area contributed by atoms with Gasteiger partial charge in [-0.1, -0.05) is 6.07 Å². The first-order valence-corrected chi connectivity index (χ1v) is 5.67. The van der Waals surface area contributed by atoms with Crippen LogP contribution >= 0.6 is 0 Å². The zero-order valence-electron chi connectivity index (χ0n) is 9.52. The van der Waals surface area contributed by atoms with E-state index in [9.17, 15) is 9.90 Å². The maximum Gasteiger partial charge on any atom is 0.248 e. The lowest BCUT2D eigenvalue weighted by atomic mass is 9.87. The molecule has 16 heavy (non-hydrogen) atoms. The molecule has 2 rings (SSSR count). The Balaban J connectivity index is 2.17. The van der Waals surface area contributed by atoms with Gasteiger partial charge in [0.25, 0.3) is 0 Å². The number of aliphatic hydroxyl groups excluding tert-OH is 1. The van der Waals surface area contributed by atoms with E-state index in [1.807, 2.05) is 6.07 Å². The molecule has 1 aliphatic rings. The van der Waals surface area contributed by atoms with Gasteiger partial charge in [-0.3, -0.25) is 4.79 Å². The van der Waals surface area contributed by atoms with Crippen LogP contribution in [0.15, 0.2) is 23.0 Å². The van der Waals surface area contributed by atoms with Crippen molar-refractivity contribution in [1.82, 2.24) is 9.88 Å². The quantitative estimate of drug-likeness (QED) is 0.761. The summed E-state index contributed by atoms with van der Waals surface area (Å²) in [5, 5.41) is 9.23. The lowest BCUT2D eigenvalue weighted by Gasteiger charge is -2.34. The van der Waals surface area contributed by atoms with E-state index in [2.05, 4.69) is 16.9 Å². The molecule has 2 atom stereocenters. The first-order valence-electron chi connectivity index (χ1n) is 5.67. The highest BCUT2D eigenvalue weighted by Gasteiger charge is 2.26. The number of nitrogens with one attached hydrogen (secondary N) is 1. The van der Waals surface area contributed by atoms with Crippen LogP contribution in [0.4, 0.5) is 0 Å². The fourth-order valence-corrected chi connectivity index (χ4v) is 2.50. The first kappa shape index (κ1) is 11.4. The number of pyridine rings is 1. The number of aromatic nitrogens is 1. The summed E-state index contributed by atoms with van der Waals surface area (Å²) in [5.41, 5.74) is 0.934. The number of aromatic amines is 1. The Hall–Kier alpha value is -1.13. The van der Waals surface area contributed by atoms with Gasteiger partial charge in [-0.05, 0) is 25.5 Å². The van der Waals surface area contributed by atoms with Crippen LogP contribution in [-0.2, 0) is 0 Å². The molecule has 0 saturated carbocycles. The topological polar surface area (TPSA) is 56.3 Å². The third kappa shape index (κ3) is 2.51. The molecule has 4 heteroatoms. The molecular weight excluding hydrogens is 204 g/mol. The van der Waals surface area contributed by atoms with Crippen molar-refractivity contribution >= 4 is 0 Å². The van der Waals surface area contributed by atoms with Crippen molar-refractivity contribution in [2.45, 2.75) is 12.3 Å². The third-order valence-electron chi connectivity index (χ3n) is 3.21. The Kier molecular flexibility index (Phi) is 3.41. The molecule has 1 fully saturated rings. The van der Waals surface area contributed by atoms with Crippen LogP contribution in [0, 0.1) is 5.92 Å². The molecule has 2 N–H and O–H groups in total. The summed E-state index contributed by atoms with van der Waals surface area (Å²) < 4.78 is 0. The van der Waals surface area contributed by atoms with Gasteiger partial charge in [0.05, 0.1) is 0 Å². The van der Waals surface area contributed by atoms with Crippen LogP contribution in [0.5, 0.6) is 0 Å². The average Bonchev–Trinajstić information content (AvgIpc) is 2.28. The summed E-state index contributed by atoms with van der Waals surface area (Å²) in [7, 11) is 2.05. The van der Waals surface area contributed by atoms with Crippen molar-refractivity contribution in [2.75, 3.05) is 26.7 Å². The van der Waals surface area contributed by atoms with Crippen molar-refractivity contribution in [3.63, 3.8) is 0 Å². The van der Waals surface area contributed by atoms with Crippen molar-refractivity contribution in [3.05, 3.63) is 34.2 Å². The minimum atomic E-state index is -0.0497. The standard InChI is InChI=1S/C12H18N2O2/c1-14-6-9(8-15)5-10(7-14)11-3-2-4-12(16)13-11/h2-4,9-10,15H,5-8H2,1H3,(H,13,16)/t9?,10-/m0/s1. The van der Waals surface area contributed by atoms with Gasteiger partial charge < -0.3 is 15.0 Å². The minimum absolute atomic E-state index is 0.0497. The Morgan fingerprint density at radius 2 is 2.31 bits per heavy atom. The summed E-state index contributed by atoms with van der Waals surface area (Å²) in [6.45, 7) is 2.10. The average molecular weight is 222 g/mol. The van der Waals surface area contributed by atoms with Crippen molar-refractivity contribution in [3.8, 4) is 0 Å². The Labute approximate surface area is 94.9 Å². The van der Waals surface area contributed by atoms with Crippen LogP contribution in [0.2, 0.25) is 0 Å². The molecule has 0 amide bonds. The molecule has 0 spiro atoms. The summed E-state index contributed by atoms with van der Waals surface area (Å²) in [6.07, 6.45) is 0.945. The summed E-state index contributed by atoms with van der Waals surface area (Å²) in [4.78, 5) is 16.3. The zero-order chi connectivity index (χ0) is 11.5. The molecule has 1 aromatic heterocycles. The normalized spacial score (nSPS) is 26.9. The molecular formula is C12H18N2O2. The summed E-state index contributed by atoms with van der Waals surface area (Å²) >= 11 is 0. The molecule has 1 saturated heterocycles. The Bertz CT molecular complexity index is 402. The van der Waals surface area contributed by atoms with Crippen LogP contribution in [0.3, 0.4) is 0 Å². The van der Waals surface area contributed by atoms with E-state index in [1.54, 1.807) is 6.07 Å². The molecule has 1 aliphatic heterocycles. The third-order valence-corrected chi connectivity index (χ3v) is 3.21. The number of hydrogen-bond acceptors (Lipinski definition) is 3. The number of aliphatic hydroxyl groups is 1. The number of rotatable bonds is 2. The number of likely N-dealkylation sites (N-methyl/N-ethyl adjacent to an activating group) is 1. The number of nitrogens with zero attached hydrogens (tertiary/aromatic N) is 1. The largest absolute Gasteiger partial charge is 0.396 e. The van der Waals surface area contributed by atoms with Gasteiger partial charge >= 0.3 is 0 Å². The minimum Gasteiger partial charge on any atom is -0.396 e. The lowest BCUT2D eigenvalue weighted by Crippen LogP contribution is -2.38. The van der Waals surface area contributed by atoms with E-state index in [0.717, 1.165) is 25.2 Å². The smallest absolute Gasteiger partial charge is 0.248 e. The van der Waals surface area contributed by atoms with Crippen LogP contribution in [-0.4, -0.2) is 41.7 Å². The van der Waals surface area contributed by atoms with E-state index in [0.29, 0.717) is 11.8 Å². The van der Waals surface area contributed by atoms with Crippen LogP contribution in [0.25, 0.3) is 0 Å². The second-order valence-electron chi connectivity index (χ2n) is 4.67. The van der Waals surface area contributed by atoms with E-state index in [4.69, 9.17) is 0 Å². The van der Waals surface area contributed by atoms with Gasteiger partial charge in [0, 0.05) is 37.4 Å². The van der Waals surface area contributed by atoms with Crippen LogP contribution in [0.1, 0.15) is 18.0 Å². The van der Waals surface area contributed by atoms with Crippen molar-refractivity contribution in [1.29, 1.82) is 0 Å². The summed E-state index contributed by atoms with van der Waals surface area (Å²) in [5.74, 6) is 0.636. The molecule has 88 valence electrons. The molecule has 0 bridgehead atoms. The highest BCUT2D eigenvalue weighted by atomic mass is 16.3. The maximum atomic E-state index is 11.2. The molecule has 4 nitrogen and oxygen atoms in total. The fourth-order valence-electron chi connectivity index (χ4n) is 2.50. The number of likely N-dealkylation sites (tertiary alicyclic amines) is 1. The van der Waals surface area contributed by atoms with Crippen molar-refractivity contribution < 1.29 is 5.11 Å². The first-order chi connectivity index (χ1) is 7.69. The van der Waals surface area contributed by atoms with Crippen molar-refractivity contribution in [2.24, 2.45) is 5.92 Å². The second-order valence-corrected chi connectivity index (χ2v) is 4.67.